The number of pyridine rings is 1. The molecule has 3 rings (SSSR count). The molecule has 3 heterocycles. The zero-order valence-electron chi connectivity index (χ0n) is 11.2. The SMILES string of the molecule is O=C(Cc1cccnc1)N1CCCC(n2cncn2)C1. The average molecular weight is 271 g/mol. The van der Waals surface area contributed by atoms with Crippen molar-refractivity contribution in [2.45, 2.75) is 25.3 Å². The molecule has 0 N–H and O–H groups in total. The summed E-state index contributed by atoms with van der Waals surface area (Å²) in [4.78, 5) is 22.3. The van der Waals surface area contributed by atoms with Crippen molar-refractivity contribution in [1.29, 1.82) is 0 Å². The Hall–Kier alpha value is -2.24. The van der Waals surface area contributed by atoms with E-state index in [-0.39, 0.29) is 11.9 Å². The zero-order chi connectivity index (χ0) is 13.8. The van der Waals surface area contributed by atoms with Gasteiger partial charge in [-0.1, -0.05) is 6.07 Å². The van der Waals surface area contributed by atoms with Gasteiger partial charge < -0.3 is 4.90 Å². The summed E-state index contributed by atoms with van der Waals surface area (Å²) in [6.45, 7) is 1.53. The maximum absolute atomic E-state index is 12.3. The second kappa shape index (κ2) is 5.81. The first-order valence-electron chi connectivity index (χ1n) is 6.84. The minimum atomic E-state index is 0.155. The van der Waals surface area contributed by atoms with Crippen LogP contribution in [0.4, 0.5) is 0 Å². The van der Waals surface area contributed by atoms with Gasteiger partial charge in [0.25, 0.3) is 0 Å². The Morgan fingerprint density at radius 2 is 2.35 bits per heavy atom. The first-order chi connectivity index (χ1) is 9.83. The Morgan fingerprint density at radius 3 is 3.10 bits per heavy atom. The quantitative estimate of drug-likeness (QED) is 0.838. The highest BCUT2D eigenvalue weighted by molar-refractivity contribution is 5.78. The van der Waals surface area contributed by atoms with Gasteiger partial charge in [-0.05, 0) is 24.5 Å². The topological polar surface area (TPSA) is 63.9 Å². The Bertz CT molecular complexity index is 554. The molecule has 0 aliphatic carbocycles. The fourth-order valence-corrected chi connectivity index (χ4v) is 2.59. The molecule has 0 radical (unpaired) electrons. The lowest BCUT2D eigenvalue weighted by Crippen LogP contribution is -2.41. The molecule has 1 fully saturated rings. The summed E-state index contributed by atoms with van der Waals surface area (Å²) < 4.78 is 1.85. The van der Waals surface area contributed by atoms with Crippen LogP contribution in [0.3, 0.4) is 0 Å². The smallest absolute Gasteiger partial charge is 0.227 e. The maximum atomic E-state index is 12.3. The van der Waals surface area contributed by atoms with Crippen LogP contribution in [0.5, 0.6) is 0 Å². The molecule has 1 aliphatic rings. The van der Waals surface area contributed by atoms with Gasteiger partial charge in [-0.2, -0.15) is 5.10 Å². The van der Waals surface area contributed by atoms with E-state index in [1.807, 2.05) is 21.7 Å². The van der Waals surface area contributed by atoms with Gasteiger partial charge in [0.05, 0.1) is 12.5 Å². The molecule has 0 spiro atoms. The molecule has 1 atom stereocenters. The minimum absolute atomic E-state index is 0.155. The van der Waals surface area contributed by atoms with E-state index in [9.17, 15) is 4.79 Å². The third kappa shape index (κ3) is 2.84. The van der Waals surface area contributed by atoms with Crippen LogP contribution in [-0.4, -0.2) is 43.6 Å². The molecule has 2 aromatic rings. The molecule has 0 bridgehead atoms. The summed E-state index contributed by atoms with van der Waals surface area (Å²) >= 11 is 0. The zero-order valence-corrected chi connectivity index (χ0v) is 11.2. The van der Waals surface area contributed by atoms with E-state index in [1.165, 1.54) is 6.33 Å². The Labute approximate surface area is 117 Å². The van der Waals surface area contributed by atoms with E-state index >= 15 is 0 Å². The van der Waals surface area contributed by atoms with E-state index in [1.54, 1.807) is 18.7 Å². The van der Waals surface area contributed by atoms with Gasteiger partial charge in [-0.25, -0.2) is 9.67 Å². The van der Waals surface area contributed by atoms with Crippen LogP contribution in [0, 0.1) is 0 Å². The Morgan fingerprint density at radius 1 is 1.40 bits per heavy atom. The summed E-state index contributed by atoms with van der Waals surface area (Å²) in [5.74, 6) is 0.155. The molecule has 0 aromatic carbocycles. The maximum Gasteiger partial charge on any atom is 0.227 e. The van der Waals surface area contributed by atoms with Gasteiger partial charge in [0.1, 0.15) is 12.7 Å². The predicted molar refractivity (Wildman–Crippen MR) is 72.8 cm³/mol. The van der Waals surface area contributed by atoms with Crippen molar-refractivity contribution in [3.05, 3.63) is 42.7 Å². The molecule has 104 valence electrons. The second-order valence-corrected chi connectivity index (χ2v) is 5.05. The monoisotopic (exact) mass is 271 g/mol. The van der Waals surface area contributed by atoms with Crippen LogP contribution in [0.2, 0.25) is 0 Å². The number of nitrogens with zero attached hydrogens (tertiary/aromatic N) is 5. The van der Waals surface area contributed by atoms with Crippen LogP contribution >= 0.6 is 0 Å². The molecule has 6 heteroatoms. The lowest BCUT2D eigenvalue weighted by molar-refractivity contribution is -0.132. The number of piperidine rings is 1. The van der Waals surface area contributed by atoms with Crippen molar-refractivity contribution >= 4 is 5.91 Å². The van der Waals surface area contributed by atoms with E-state index in [0.29, 0.717) is 13.0 Å². The third-order valence-electron chi connectivity index (χ3n) is 3.64. The van der Waals surface area contributed by atoms with Gasteiger partial charge in [0, 0.05) is 25.5 Å². The average Bonchev–Trinajstić information content (AvgIpc) is 3.03. The van der Waals surface area contributed by atoms with Crippen molar-refractivity contribution in [2.24, 2.45) is 0 Å². The third-order valence-corrected chi connectivity index (χ3v) is 3.64. The van der Waals surface area contributed by atoms with Gasteiger partial charge in [-0.15, -0.1) is 0 Å². The highest BCUT2D eigenvalue weighted by atomic mass is 16.2. The molecule has 1 saturated heterocycles. The second-order valence-electron chi connectivity index (χ2n) is 5.05. The van der Waals surface area contributed by atoms with Crippen molar-refractivity contribution < 1.29 is 4.79 Å². The van der Waals surface area contributed by atoms with Gasteiger partial charge >= 0.3 is 0 Å². The summed E-state index contributed by atoms with van der Waals surface area (Å²) in [6, 6.07) is 4.03. The molecule has 1 aliphatic heterocycles. The molecule has 2 aromatic heterocycles. The van der Waals surface area contributed by atoms with E-state index in [0.717, 1.165) is 24.9 Å². The minimum Gasteiger partial charge on any atom is -0.340 e. The van der Waals surface area contributed by atoms with Crippen molar-refractivity contribution in [2.75, 3.05) is 13.1 Å². The Kier molecular flexibility index (Phi) is 3.71. The van der Waals surface area contributed by atoms with Crippen LogP contribution in [-0.2, 0) is 11.2 Å². The van der Waals surface area contributed by atoms with E-state index in [2.05, 4.69) is 15.1 Å². The first-order valence-corrected chi connectivity index (χ1v) is 6.84. The molecule has 20 heavy (non-hydrogen) atoms. The summed E-state index contributed by atoms with van der Waals surface area (Å²) in [6.07, 6.45) is 9.18. The highest BCUT2D eigenvalue weighted by Gasteiger charge is 2.25. The van der Waals surface area contributed by atoms with Crippen LogP contribution in [0.25, 0.3) is 0 Å². The van der Waals surface area contributed by atoms with Crippen LogP contribution in [0.1, 0.15) is 24.4 Å². The number of rotatable bonds is 3. The summed E-state index contributed by atoms with van der Waals surface area (Å²) in [7, 11) is 0. The molecular weight excluding hydrogens is 254 g/mol. The number of carbonyl (C=O) groups is 1. The van der Waals surface area contributed by atoms with Crippen LogP contribution in [0.15, 0.2) is 37.2 Å². The summed E-state index contributed by atoms with van der Waals surface area (Å²) in [5, 5.41) is 4.18. The largest absolute Gasteiger partial charge is 0.340 e. The molecule has 6 nitrogen and oxygen atoms in total. The number of likely N-dealkylation sites (tertiary alicyclic amines) is 1. The highest BCUT2D eigenvalue weighted by Crippen LogP contribution is 2.20. The van der Waals surface area contributed by atoms with Gasteiger partial charge in [-0.3, -0.25) is 9.78 Å². The number of aromatic nitrogens is 4. The number of amides is 1. The van der Waals surface area contributed by atoms with E-state index in [4.69, 9.17) is 0 Å². The Balaban J connectivity index is 1.63. The van der Waals surface area contributed by atoms with Gasteiger partial charge in [0.2, 0.25) is 5.91 Å². The lowest BCUT2D eigenvalue weighted by Gasteiger charge is -2.32. The fourth-order valence-electron chi connectivity index (χ4n) is 2.59. The first kappa shape index (κ1) is 12.8. The predicted octanol–water partition coefficient (Wildman–Crippen LogP) is 1.08. The molecule has 1 unspecified atom stereocenters. The molecular formula is C14H17N5O. The standard InChI is InChI=1S/C14H17N5O/c20-14(7-12-3-1-5-15-8-12)18-6-2-4-13(9-18)19-11-16-10-17-19/h1,3,5,8,10-11,13H,2,4,6-7,9H2. The molecule has 1 amide bonds. The van der Waals surface area contributed by atoms with Crippen molar-refractivity contribution in [3.63, 3.8) is 0 Å². The fraction of sp³-hybridized carbons (Fsp3) is 0.429. The summed E-state index contributed by atoms with van der Waals surface area (Å²) in [5.41, 5.74) is 0.959. The molecule has 0 saturated carbocycles. The number of hydrogen-bond acceptors (Lipinski definition) is 4. The van der Waals surface area contributed by atoms with Crippen LogP contribution < -0.4 is 0 Å². The van der Waals surface area contributed by atoms with E-state index < -0.39 is 0 Å². The van der Waals surface area contributed by atoms with Gasteiger partial charge in [0.15, 0.2) is 0 Å². The number of hydrogen-bond donors (Lipinski definition) is 0. The lowest BCUT2D eigenvalue weighted by atomic mass is 10.0. The van der Waals surface area contributed by atoms with Crippen molar-refractivity contribution in [3.8, 4) is 0 Å². The normalized spacial score (nSPS) is 19.0. The number of carbonyl (C=O) groups excluding carboxylic acids is 1. The van der Waals surface area contributed by atoms with Crippen molar-refractivity contribution in [1.82, 2.24) is 24.6 Å².